The van der Waals surface area contributed by atoms with Gasteiger partial charge in [0.15, 0.2) is 0 Å². The molecule has 0 aliphatic heterocycles. The fourth-order valence-electron chi connectivity index (χ4n) is 4.53. The normalized spacial score (nSPS) is 20.6. The summed E-state index contributed by atoms with van der Waals surface area (Å²) >= 11 is 7.42. The Bertz CT molecular complexity index is 1110. The van der Waals surface area contributed by atoms with Crippen LogP contribution in [0.1, 0.15) is 41.6 Å². The van der Waals surface area contributed by atoms with Crippen LogP contribution in [0, 0.1) is 5.82 Å². The first-order valence-electron chi connectivity index (χ1n) is 11.0. The van der Waals surface area contributed by atoms with Crippen LogP contribution >= 0.6 is 23.4 Å². The van der Waals surface area contributed by atoms with Crippen LogP contribution in [0.3, 0.4) is 0 Å². The number of hydrogen-bond donors (Lipinski definition) is 1. The van der Waals surface area contributed by atoms with Gasteiger partial charge in [0.2, 0.25) is 0 Å². The molecular weight excluding hydrogens is 457 g/mol. The first-order chi connectivity index (χ1) is 15.9. The molecule has 1 aliphatic rings. The summed E-state index contributed by atoms with van der Waals surface area (Å²) in [5.41, 5.74) is 1.32. The molecule has 4 rings (SSSR count). The Hall–Kier alpha value is -2.41. The first-order valence-corrected chi connectivity index (χ1v) is 12.2. The van der Waals surface area contributed by atoms with Crippen molar-refractivity contribution in [1.82, 2.24) is 15.2 Å². The Morgan fingerprint density at radius 1 is 1.12 bits per heavy atom. The largest absolute Gasteiger partial charge is 0.349 e. The number of pyridine rings is 1. The number of aromatic nitrogens is 1. The highest BCUT2D eigenvalue weighted by atomic mass is 35.5. The minimum Gasteiger partial charge on any atom is -0.349 e. The smallest absolute Gasteiger partial charge is 0.254 e. The van der Waals surface area contributed by atoms with E-state index in [9.17, 15) is 9.18 Å². The zero-order valence-electron chi connectivity index (χ0n) is 18.7. The molecule has 0 radical (unpaired) electrons. The monoisotopic (exact) mass is 483 g/mol. The summed E-state index contributed by atoms with van der Waals surface area (Å²) in [7, 11) is 4.08. The van der Waals surface area contributed by atoms with Crippen molar-refractivity contribution in [3.63, 3.8) is 0 Å². The number of rotatable bonds is 6. The van der Waals surface area contributed by atoms with Crippen molar-refractivity contribution >= 4 is 29.3 Å². The topological polar surface area (TPSA) is 45.2 Å². The second-order valence-electron chi connectivity index (χ2n) is 8.60. The molecule has 3 aromatic rings. The summed E-state index contributed by atoms with van der Waals surface area (Å²) in [4.78, 5) is 20.7. The summed E-state index contributed by atoms with van der Waals surface area (Å²) in [5, 5.41) is 4.54. The van der Waals surface area contributed by atoms with Gasteiger partial charge in [-0.2, -0.15) is 0 Å². The molecule has 1 aliphatic carbocycles. The lowest BCUT2D eigenvalue weighted by molar-refractivity contribution is 0.0755. The number of carbonyl (C=O) groups excluding carboxylic acids is 1. The van der Waals surface area contributed by atoms with Gasteiger partial charge in [0.25, 0.3) is 5.91 Å². The van der Waals surface area contributed by atoms with Gasteiger partial charge in [-0.05, 0) is 93.9 Å². The van der Waals surface area contributed by atoms with Crippen molar-refractivity contribution in [3.05, 3.63) is 88.8 Å². The van der Waals surface area contributed by atoms with Crippen molar-refractivity contribution in [2.45, 2.75) is 47.2 Å². The fourth-order valence-corrected chi connectivity index (χ4v) is 5.54. The number of benzene rings is 2. The standard InChI is InChI=1S/C26H27ClFN3OS/c1-31(2)26(18-5-3-6-20(28)17-18)14-12-21(13-15-26)30-24(32)23-7-4-16-29-25(23)33-22-10-8-19(27)9-11-22/h3-11,16-17,21H,12-15H2,1-2H3,(H,30,32). The summed E-state index contributed by atoms with van der Waals surface area (Å²) < 4.78 is 13.9. The molecule has 0 unspecified atom stereocenters. The average molecular weight is 484 g/mol. The Balaban J connectivity index is 1.45. The van der Waals surface area contributed by atoms with Crippen LogP contribution in [0.5, 0.6) is 0 Å². The van der Waals surface area contributed by atoms with Gasteiger partial charge >= 0.3 is 0 Å². The van der Waals surface area contributed by atoms with Crippen molar-refractivity contribution in [2.24, 2.45) is 0 Å². The maximum absolute atomic E-state index is 13.9. The second-order valence-corrected chi connectivity index (χ2v) is 10.1. The van der Waals surface area contributed by atoms with Gasteiger partial charge in [-0.3, -0.25) is 9.69 Å². The highest BCUT2D eigenvalue weighted by molar-refractivity contribution is 7.99. The SMILES string of the molecule is CN(C)C1(c2cccc(F)c2)CCC(NC(=O)c2cccnc2Sc2ccc(Cl)cc2)CC1. The van der Waals surface area contributed by atoms with Gasteiger partial charge in [0, 0.05) is 27.7 Å². The first kappa shape index (κ1) is 23.7. The molecule has 1 N–H and O–H groups in total. The van der Waals surface area contributed by atoms with Crippen molar-refractivity contribution in [1.29, 1.82) is 0 Å². The van der Waals surface area contributed by atoms with Gasteiger partial charge < -0.3 is 5.32 Å². The van der Waals surface area contributed by atoms with E-state index in [1.807, 2.05) is 44.4 Å². The number of nitrogens with zero attached hydrogens (tertiary/aromatic N) is 2. The van der Waals surface area contributed by atoms with Gasteiger partial charge in [-0.1, -0.05) is 35.5 Å². The van der Waals surface area contributed by atoms with E-state index < -0.39 is 0 Å². The maximum atomic E-state index is 13.9. The Labute approximate surface area is 203 Å². The molecule has 7 heteroatoms. The van der Waals surface area contributed by atoms with Crippen LogP contribution in [0.15, 0.2) is 76.8 Å². The molecule has 172 valence electrons. The maximum Gasteiger partial charge on any atom is 0.254 e. The predicted molar refractivity (Wildman–Crippen MR) is 131 cm³/mol. The molecule has 0 atom stereocenters. The van der Waals surface area contributed by atoms with Gasteiger partial charge in [0.05, 0.1) is 5.56 Å². The molecular formula is C26H27ClFN3OS. The number of halogens is 2. The summed E-state index contributed by atoms with van der Waals surface area (Å²) in [6, 6.07) is 18.0. The third-order valence-corrected chi connectivity index (χ3v) is 7.69. The van der Waals surface area contributed by atoms with Gasteiger partial charge in [-0.25, -0.2) is 9.37 Å². The van der Waals surface area contributed by atoms with Crippen LogP contribution in [0.4, 0.5) is 4.39 Å². The lowest BCUT2D eigenvalue weighted by atomic mass is 9.74. The molecule has 33 heavy (non-hydrogen) atoms. The molecule has 1 aromatic heterocycles. The Morgan fingerprint density at radius 3 is 2.52 bits per heavy atom. The van der Waals surface area contributed by atoms with Gasteiger partial charge in [0.1, 0.15) is 10.8 Å². The minimum atomic E-state index is -0.229. The lowest BCUT2D eigenvalue weighted by Crippen LogP contribution is -2.48. The Morgan fingerprint density at radius 2 is 1.85 bits per heavy atom. The zero-order chi connectivity index (χ0) is 23.4. The van der Waals surface area contributed by atoms with Crippen LogP contribution in [0.2, 0.25) is 5.02 Å². The highest BCUT2D eigenvalue weighted by Gasteiger charge is 2.39. The third kappa shape index (κ3) is 5.40. The van der Waals surface area contributed by atoms with E-state index in [0.29, 0.717) is 15.6 Å². The van der Waals surface area contributed by atoms with Crippen molar-refractivity contribution in [3.8, 4) is 0 Å². The molecule has 1 heterocycles. The molecule has 0 spiro atoms. The molecule has 2 aromatic carbocycles. The van der Waals surface area contributed by atoms with E-state index in [0.717, 1.165) is 36.1 Å². The van der Waals surface area contributed by atoms with Crippen LogP contribution < -0.4 is 5.32 Å². The highest BCUT2D eigenvalue weighted by Crippen LogP contribution is 2.41. The van der Waals surface area contributed by atoms with E-state index in [-0.39, 0.29) is 23.3 Å². The lowest BCUT2D eigenvalue weighted by Gasteiger charge is -2.45. The van der Waals surface area contributed by atoms with E-state index in [1.54, 1.807) is 30.5 Å². The summed E-state index contributed by atoms with van der Waals surface area (Å²) in [6.45, 7) is 0. The quantitative estimate of drug-likeness (QED) is 0.456. The van der Waals surface area contributed by atoms with Crippen LogP contribution in [-0.4, -0.2) is 35.9 Å². The number of nitrogens with one attached hydrogen (secondary N) is 1. The van der Waals surface area contributed by atoms with E-state index in [1.165, 1.54) is 17.8 Å². The molecule has 0 saturated heterocycles. The van der Waals surface area contributed by atoms with E-state index >= 15 is 0 Å². The molecule has 0 bridgehead atoms. The number of amides is 1. The van der Waals surface area contributed by atoms with Gasteiger partial charge in [-0.15, -0.1) is 0 Å². The number of hydrogen-bond acceptors (Lipinski definition) is 4. The molecule has 1 saturated carbocycles. The van der Waals surface area contributed by atoms with E-state index in [2.05, 4.69) is 15.2 Å². The predicted octanol–water partition coefficient (Wildman–Crippen LogP) is 6.15. The summed E-state index contributed by atoms with van der Waals surface area (Å²) in [5.74, 6) is -0.334. The fraction of sp³-hybridized carbons (Fsp3) is 0.308. The Kier molecular flexibility index (Phi) is 7.37. The third-order valence-electron chi connectivity index (χ3n) is 6.41. The minimum absolute atomic E-state index is 0.0627. The average Bonchev–Trinajstić information content (AvgIpc) is 2.81. The molecule has 4 nitrogen and oxygen atoms in total. The zero-order valence-corrected chi connectivity index (χ0v) is 20.3. The van der Waals surface area contributed by atoms with Crippen molar-refractivity contribution in [2.75, 3.05) is 14.1 Å². The summed E-state index contributed by atoms with van der Waals surface area (Å²) in [6.07, 6.45) is 5.02. The number of carbonyl (C=O) groups is 1. The second kappa shape index (κ2) is 10.2. The van der Waals surface area contributed by atoms with Crippen LogP contribution in [-0.2, 0) is 5.54 Å². The molecule has 1 amide bonds. The van der Waals surface area contributed by atoms with Crippen molar-refractivity contribution < 1.29 is 9.18 Å². The molecule has 1 fully saturated rings. The van der Waals surface area contributed by atoms with E-state index in [4.69, 9.17) is 11.6 Å². The van der Waals surface area contributed by atoms with Crippen LogP contribution in [0.25, 0.3) is 0 Å².